The van der Waals surface area contributed by atoms with Gasteiger partial charge in [-0.05, 0) is 65.8 Å². The number of aromatic nitrogens is 2. The van der Waals surface area contributed by atoms with Crippen molar-refractivity contribution < 1.29 is 19.8 Å². The molecule has 2 aromatic heterocycles. The summed E-state index contributed by atoms with van der Waals surface area (Å²) in [4.78, 5) is 41.9. The number of amides is 2. The molecule has 0 unspecified atom stereocenters. The molecule has 6 rings (SSSR count). The van der Waals surface area contributed by atoms with Gasteiger partial charge in [-0.15, -0.1) is 11.6 Å². The molecule has 11 N–H and O–H groups in total. The highest BCUT2D eigenvalue weighted by Crippen LogP contribution is 2.63. The molecular weight excluding hydrogens is 743 g/mol. The molecule has 40 heavy (non-hydrogen) atoms. The van der Waals surface area contributed by atoms with Crippen LogP contribution in [0.25, 0.3) is 0 Å². The van der Waals surface area contributed by atoms with Gasteiger partial charge in [-0.2, -0.15) is 0 Å². The second-order valence-corrected chi connectivity index (χ2v) is 13.1. The van der Waals surface area contributed by atoms with E-state index in [1.54, 1.807) is 18.3 Å². The van der Waals surface area contributed by atoms with Crippen LogP contribution in [0.5, 0.6) is 0 Å². The van der Waals surface area contributed by atoms with Gasteiger partial charge < -0.3 is 52.5 Å². The average molecular weight is 768 g/mol. The van der Waals surface area contributed by atoms with Crippen molar-refractivity contribution in [2.75, 3.05) is 13.1 Å². The van der Waals surface area contributed by atoms with Crippen molar-refractivity contribution in [3.8, 4) is 0 Å². The number of nitrogens with two attached hydrogens (primary N) is 2. The van der Waals surface area contributed by atoms with Crippen LogP contribution >= 0.6 is 59.4 Å². The van der Waals surface area contributed by atoms with Crippen LogP contribution in [0.4, 0.5) is 0 Å². The lowest BCUT2D eigenvalue weighted by Gasteiger charge is -2.39. The Morgan fingerprint density at radius 3 is 2.48 bits per heavy atom. The molecule has 14 nitrogen and oxygen atoms in total. The minimum atomic E-state index is -1.80. The van der Waals surface area contributed by atoms with Gasteiger partial charge in [0.15, 0.2) is 30.0 Å². The molecular formula is C22H24Br3ClN10O4. The Kier molecular flexibility index (Phi) is 6.70. The summed E-state index contributed by atoms with van der Waals surface area (Å²) in [5.41, 5.74) is 9.63. The third-order valence-electron chi connectivity index (χ3n) is 8.22. The standard InChI is InChI=1S/C22H24Br3ClN10O4/c23-8-1-2-29-11(8)16(38)31-4-6-7(5-30-15(37)10-3-9(24)14(25)32-10)13(26)21-12(6)22(40)17(33-19(27)35-22)36(21)20(28)34-18(21)39/h1-3,6-7,12-13,17-18,29,32,39-40H,4-5H2,(H2,28,34)(H,30,37)(H,31,38)(H3,27,33,35)/t6-,7-,12+,13+,17+,18+,21-,22+/m1/s1. The highest BCUT2D eigenvalue weighted by atomic mass is 79.9. The molecule has 3 aliphatic heterocycles. The summed E-state index contributed by atoms with van der Waals surface area (Å²) in [6, 6.07) is 3.32. The molecule has 5 heterocycles. The molecule has 8 atom stereocenters. The van der Waals surface area contributed by atoms with E-state index in [-0.39, 0.29) is 25.0 Å². The molecule has 18 heteroatoms. The zero-order chi connectivity index (χ0) is 28.7. The van der Waals surface area contributed by atoms with Crippen LogP contribution in [0, 0.1) is 17.8 Å². The van der Waals surface area contributed by atoms with Gasteiger partial charge in [0, 0.05) is 35.6 Å². The normalized spacial score (nSPS) is 35.5. The Labute approximate surface area is 257 Å². The zero-order valence-corrected chi connectivity index (χ0v) is 25.8. The Balaban J connectivity index is 1.36. The van der Waals surface area contributed by atoms with Crippen molar-refractivity contribution in [1.29, 1.82) is 0 Å². The molecule has 214 valence electrons. The Hall–Kier alpha value is -2.31. The lowest BCUT2D eigenvalue weighted by atomic mass is 9.77. The number of rotatable bonds is 6. The lowest BCUT2D eigenvalue weighted by molar-refractivity contribution is -0.0560. The summed E-state index contributed by atoms with van der Waals surface area (Å²) in [6.07, 6.45) is -0.813. The number of hydrogen-bond acceptors (Lipinski definition) is 10. The maximum Gasteiger partial charge on any atom is 0.268 e. The summed E-state index contributed by atoms with van der Waals surface area (Å²) in [6.45, 7) is 0.0704. The first-order chi connectivity index (χ1) is 18.9. The number of aromatic amines is 2. The highest BCUT2D eigenvalue weighted by Gasteiger charge is 2.82. The second kappa shape index (κ2) is 9.62. The SMILES string of the molecule is NC1=N[C@H]2N3C(N)=N[C@@H](O)[C@]34[C@H]([C@H](CNC(=O)c3[nH]ccc3Br)[C@@H](CNC(=O)c3cc(Br)c(Br)[nH]3)[C@@H]4Cl)[C@@]2(O)N1. The minimum absolute atomic E-state index is 0.0147. The fourth-order valence-corrected chi connectivity index (χ4v) is 8.45. The maximum atomic E-state index is 13.0. The molecule has 1 saturated carbocycles. The summed E-state index contributed by atoms with van der Waals surface area (Å²) >= 11 is 17.2. The van der Waals surface area contributed by atoms with Gasteiger partial charge in [-0.25, -0.2) is 9.98 Å². The number of aliphatic hydroxyl groups is 2. The number of guanidine groups is 2. The van der Waals surface area contributed by atoms with E-state index in [1.165, 1.54) is 4.90 Å². The summed E-state index contributed by atoms with van der Waals surface area (Å²) in [7, 11) is 0. The van der Waals surface area contributed by atoms with Gasteiger partial charge in [0.1, 0.15) is 16.9 Å². The largest absolute Gasteiger partial charge is 0.370 e. The predicted molar refractivity (Wildman–Crippen MR) is 155 cm³/mol. The van der Waals surface area contributed by atoms with E-state index in [0.29, 0.717) is 24.9 Å². The van der Waals surface area contributed by atoms with Crippen molar-refractivity contribution in [1.82, 2.24) is 30.8 Å². The van der Waals surface area contributed by atoms with Gasteiger partial charge >= 0.3 is 0 Å². The number of carbonyl (C=O) groups excluding carboxylic acids is 2. The highest BCUT2D eigenvalue weighted by molar-refractivity contribution is 9.13. The topological polar surface area (TPSA) is 222 Å². The number of H-pyrrole nitrogens is 2. The van der Waals surface area contributed by atoms with Crippen molar-refractivity contribution >= 4 is 83.1 Å². The molecule has 4 aliphatic rings. The van der Waals surface area contributed by atoms with Crippen molar-refractivity contribution in [2.24, 2.45) is 39.2 Å². The average Bonchev–Trinajstić information content (AvgIpc) is 3.68. The smallest absolute Gasteiger partial charge is 0.268 e. The van der Waals surface area contributed by atoms with Crippen LogP contribution in [-0.2, 0) is 0 Å². The molecule has 0 aromatic carbocycles. The van der Waals surface area contributed by atoms with E-state index in [2.05, 4.69) is 83.7 Å². The number of aliphatic hydroxyl groups excluding tert-OH is 1. The summed E-state index contributed by atoms with van der Waals surface area (Å²) < 4.78 is 1.86. The molecule has 2 fully saturated rings. The molecule has 2 amide bonds. The molecule has 1 aliphatic carbocycles. The van der Waals surface area contributed by atoms with Crippen LogP contribution in [0.15, 0.2) is 41.9 Å². The Morgan fingerprint density at radius 1 is 1.12 bits per heavy atom. The van der Waals surface area contributed by atoms with E-state index in [4.69, 9.17) is 23.1 Å². The van der Waals surface area contributed by atoms with Gasteiger partial charge in [0.2, 0.25) is 0 Å². The first-order valence-electron chi connectivity index (χ1n) is 12.1. The van der Waals surface area contributed by atoms with E-state index in [0.717, 1.165) is 0 Å². The number of aliphatic imine (C=N–C) groups is 2. The van der Waals surface area contributed by atoms with E-state index < -0.39 is 58.6 Å². The van der Waals surface area contributed by atoms with Crippen LogP contribution in [0.1, 0.15) is 21.0 Å². The zero-order valence-electron chi connectivity index (χ0n) is 20.3. The first-order valence-corrected chi connectivity index (χ1v) is 14.9. The van der Waals surface area contributed by atoms with Gasteiger partial charge in [-0.1, -0.05) is 0 Å². The van der Waals surface area contributed by atoms with E-state index in [1.807, 2.05) is 0 Å². The predicted octanol–water partition coefficient (Wildman–Crippen LogP) is -0.107. The molecule has 0 radical (unpaired) electrons. The number of alkyl halides is 1. The van der Waals surface area contributed by atoms with Crippen molar-refractivity contribution in [3.05, 3.63) is 43.3 Å². The molecule has 2 aromatic rings. The fraction of sp³-hybridized carbons (Fsp3) is 0.455. The van der Waals surface area contributed by atoms with Gasteiger partial charge in [0.25, 0.3) is 11.8 Å². The second-order valence-electron chi connectivity index (χ2n) is 10.1. The van der Waals surface area contributed by atoms with Gasteiger partial charge in [-0.3, -0.25) is 9.59 Å². The number of nitrogens with zero attached hydrogens (tertiary/aromatic N) is 3. The summed E-state index contributed by atoms with van der Waals surface area (Å²) in [5, 5.41) is 31.1. The van der Waals surface area contributed by atoms with Crippen LogP contribution in [-0.4, -0.2) is 90.9 Å². The fourth-order valence-electron chi connectivity index (χ4n) is 6.74. The number of halogens is 4. The lowest BCUT2D eigenvalue weighted by Crippen LogP contribution is -2.61. The van der Waals surface area contributed by atoms with Crippen LogP contribution in [0.3, 0.4) is 0 Å². The minimum Gasteiger partial charge on any atom is -0.370 e. The maximum absolute atomic E-state index is 13.0. The number of fused-ring (bicyclic) bond motifs is 3. The Morgan fingerprint density at radius 2 is 1.82 bits per heavy atom. The molecule has 1 spiro atoms. The van der Waals surface area contributed by atoms with Gasteiger partial charge in [0.05, 0.1) is 14.5 Å². The van der Waals surface area contributed by atoms with E-state index in [9.17, 15) is 19.8 Å². The van der Waals surface area contributed by atoms with Crippen LogP contribution < -0.4 is 27.4 Å². The Bertz CT molecular complexity index is 1450. The summed E-state index contributed by atoms with van der Waals surface area (Å²) in [5.74, 6) is -2.91. The molecule has 0 bridgehead atoms. The third kappa shape index (κ3) is 3.77. The number of hydrogen-bond donors (Lipinski definition) is 9. The van der Waals surface area contributed by atoms with Crippen LogP contribution in [0.2, 0.25) is 0 Å². The number of nitrogens with one attached hydrogen (secondary N) is 5. The quantitative estimate of drug-likeness (QED) is 0.180. The monoisotopic (exact) mass is 764 g/mol. The van der Waals surface area contributed by atoms with Crippen molar-refractivity contribution in [3.63, 3.8) is 0 Å². The van der Waals surface area contributed by atoms with Crippen molar-refractivity contribution in [2.45, 2.75) is 29.0 Å². The van der Waals surface area contributed by atoms with E-state index >= 15 is 0 Å². The third-order valence-corrected chi connectivity index (χ3v) is 11.3. The molecule has 1 saturated heterocycles. The number of carbonyl (C=O) groups is 2. The first kappa shape index (κ1) is 27.8.